The van der Waals surface area contributed by atoms with Gasteiger partial charge in [0.05, 0.1) is 13.2 Å². The van der Waals surface area contributed by atoms with Crippen LogP contribution in [0, 0.1) is 0 Å². The molecule has 0 unspecified atom stereocenters. The van der Waals surface area contributed by atoms with Crippen LogP contribution in [0.4, 0.5) is 0 Å². The van der Waals surface area contributed by atoms with Crippen molar-refractivity contribution in [2.75, 3.05) is 19.7 Å². The highest BCUT2D eigenvalue weighted by Gasteiger charge is 2.16. The summed E-state index contributed by atoms with van der Waals surface area (Å²) in [5.74, 6) is 0.686. The summed E-state index contributed by atoms with van der Waals surface area (Å²) >= 11 is 0. The van der Waals surface area contributed by atoms with Crippen LogP contribution < -0.4 is 10.1 Å². The number of ether oxygens (including phenoxy) is 1. The van der Waals surface area contributed by atoms with Crippen molar-refractivity contribution in [3.63, 3.8) is 0 Å². The summed E-state index contributed by atoms with van der Waals surface area (Å²) in [6.07, 6.45) is 0.976. The van der Waals surface area contributed by atoms with Gasteiger partial charge in [-0.05, 0) is 45.7 Å². The molecule has 0 fully saturated rings. The first-order valence-electron chi connectivity index (χ1n) is 8.25. The third-order valence-electron chi connectivity index (χ3n) is 3.40. The van der Waals surface area contributed by atoms with E-state index in [9.17, 15) is 9.59 Å². The molecule has 0 bridgehead atoms. The number of benzene rings is 1. The molecule has 5 heteroatoms. The zero-order valence-electron chi connectivity index (χ0n) is 14.6. The SMILES string of the molecule is CCOc1ccccc1CCC(=O)N(CC)CC(=O)NC(C)C. The second-order valence-electron chi connectivity index (χ2n) is 5.67. The van der Waals surface area contributed by atoms with Crippen molar-refractivity contribution in [3.05, 3.63) is 29.8 Å². The number of aryl methyl sites for hydroxylation is 1. The Morgan fingerprint density at radius 3 is 2.52 bits per heavy atom. The Hall–Kier alpha value is -2.04. The molecule has 0 spiro atoms. The standard InChI is InChI=1S/C18H28N2O3/c1-5-20(13-17(21)19-14(3)4)18(22)12-11-15-9-7-8-10-16(15)23-6-2/h7-10,14H,5-6,11-13H2,1-4H3,(H,19,21). The predicted octanol–water partition coefficient (Wildman–Crippen LogP) is 2.39. The third-order valence-corrected chi connectivity index (χ3v) is 3.40. The van der Waals surface area contributed by atoms with Gasteiger partial charge in [-0.3, -0.25) is 9.59 Å². The van der Waals surface area contributed by atoms with Gasteiger partial charge in [0.1, 0.15) is 5.75 Å². The van der Waals surface area contributed by atoms with E-state index in [1.165, 1.54) is 0 Å². The van der Waals surface area contributed by atoms with Gasteiger partial charge in [-0.15, -0.1) is 0 Å². The van der Waals surface area contributed by atoms with Crippen molar-refractivity contribution < 1.29 is 14.3 Å². The largest absolute Gasteiger partial charge is 0.494 e. The highest BCUT2D eigenvalue weighted by Crippen LogP contribution is 2.19. The molecule has 23 heavy (non-hydrogen) atoms. The summed E-state index contributed by atoms with van der Waals surface area (Å²) in [5.41, 5.74) is 1.02. The van der Waals surface area contributed by atoms with Gasteiger partial charge in [0.25, 0.3) is 0 Å². The summed E-state index contributed by atoms with van der Waals surface area (Å²) < 4.78 is 5.58. The van der Waals surface area contributed by atoms with Gasteiger partial charge in [-0.1, -0.05) is 18.2 Å². The molecule has 0 aliphatic rings. The fraction of sp³-hybridized carbons (Fsp3) is 0.556. The predicted molar refractivity (Wildman–Crippen MR) is 91.5 cm³/mol. The summed E-state index contributed by atoms with van der Waals surface area (Å²) in [5, 5.41) is 2.81. The van der Waals surface area contributed by atoms with E-state index < -0.39 is 0 Å². The van der Waals surface area contributed by atoms with Gasteiger partial charge in [0.2, 0.25) is 11.8 Å². The lowest BCUT2D eigenvalue weighted by atomic mass is 10.1. The topological polar surface area (TPSA) is 58.6 Å². The number of nitrogens with one attached hydrogen (secondary N) is 1. The van der Waals surface area contributed by atoms with E-state index in [2.05, 4.69) is 5.32 Å². The van der Waals surface area contributed by atoms with Crippen LogP contribution in [0.3, 0.4) is 0 Å². The summed E-state index contributed by atoms with van der Waals surface area (Å²) in [6.45, 7) is 8.86. The minimum absolute atomic E-state index is 0.0160. The first-order chi connectivity index (χ1) is 11.0. The van der Waals surface area contributed by atoms with Crippen molar-refractivity contribution in [2.45, 2.75) is 46.6 Å². The van der Waals surface area contributed by atoms with E-state index in [0.717, 1.165) is 11.3 Å². The molecule has 1 rings (SSSR count). The molecule has 5 nitrogen and oxygen atoms in total. The Morgan fingerprint density at radius 2 is 1.91 bits per heavy atom. The lowest BCUT2D eigenvalue weighted by Crippen LogP contribution is -2.42. The van der Waals surface area contributed by atoms with Crippen LogP contribution in [0.1, 0.15) is 39.7 Å². The van der Waals surface area contributed by atoms with E-state index in [-0.39, 0.29) is 24.4 Å². The zero-order valence-corrected chi connectivity index (χ0v) is 14.6. The molecule has 128 valence electrons. The highest BCUT2D eigenvalue weighted by atomic mass is 16.5. The minimum atomic E-state index is -0.120. The second kappa shape index (κ2) is 9.87. The van der Waals surface area contributed by atoms with Crippen molar-refractivity contribution in [3.8, 4) is 5.75 Å². The van der Waals surface area contributed by atoms with E-state index in [1.54, 1.807) is 4.90 Å². The molecule has 2 amide bonds. The summed E-state index contributed by atoms with van der Waals surface area (Å²) in [7, 11) is 0. The monoisotopic (exact) mass is 320 g/mol. The molecule has 0 aliphatic heterocycles. The van der Waals surface area contributed by atoms with E-state index in [0.29, 0.717) is 26.0 Å². The number of amides is 2. The Kier molecular flexibility index (Phi) is 8.16. The number of hydrogen-bond donors (Lipinski definition) is 1. The Balaban J connectivity index is 2.58. The average molecular weight is 320 g/mol. The lowest BCUT2D eigenvalue weighted by Gasteiger charge is -2.21. The molecule has 1 aromatic rings. The molecular weight excluding hydrogens is 292 g/mol. The summed E-state index contributed by atoms with van der Waals surface area (Å²) in [4.78, 5) is 25.7. The maximum absolute atomic E-state index is 12.3. The first-order valence-corrected chi connectivity index (χ1v) is 8.25. The number of likely N-dealkylation sites (N-methyl/N-ethyl adjacent to an activating group) is 1. The van der Waals surface area contributed by atoms with Gasteiger partial charge in [0.15, 0.2) is 0 Å². The fourth-order valence-corrected chi connectivity index (χ4v) is 2.32. The first kappa shape index (κ1) is 19.0. The molecule has 0 heterocycles. The van der Waals surface area contributed by atoms with E-state index >= 15 is 0 Å². The zero-order chi connectivity index (χ0) is 17.2. The van der Waals surface area contributed by atoms with Crippen LogP contribution in [0.2, 0.25) is 0 Å². The van der Waals surface area contributed by atoms with Gasteiger partial charge in [0, 0.05) is 19.0 Å². The Morgan fingerprint density at radius 1 is 1.22 bits per heavy atom. The number of carbonyl (C=O) groups is 2. The fourth-order valence-electron chi connectivity index (χ4n) is 2.32. The van der Waals surface area contributed by atoms with Gasteiger partial charge in [-0.25, -0.2) is 0 Å². The second-order valence-corrected chi connectivity index (χ2v) is 5.67. The van der Waals surface area contributed by atoms with E-state index in [1.807, 2.05) is 52.0 Å². The number of nitrogens with zero attached hydrogens (tertiary/aromatic N) is 1. The third kappa shape index (κ3) is 6.72. The van der Waals surface area contributed by atoms with Crippen molar-refractivity contribution in [1.82, 2.24) is 10.2 Å². The number of carbonyl (C=O) groups excluding carboxylic acids is 2. The smallest absolute Gasteiger partial charge is 0.239 e. The van der Waals surface area contributed by atoms with Gasteiger partial charge in [-0.2, -0.15) is 0 Å². The van der Waals surface area contributed by atoms with Gasteiger partial charge < -0.3 is 15.0 Å². The highest BCUT2D eigenvalue weighted by molar-refractivity contribution is 5.85. The molecule has 0 aromatic heterocycles. The Labute approximate surface area is 139 Å². The Bertz CT molecular complexity index is 515. The van der Waals surface area contributed by atoms with Crippen LogP contribution in [0.5, 0.6) is 5.75 Å². The number of rotatable bonds is 9. The number of para-hydroxylation sites is 1. The van der Waals surface area contributed by atoms with Crippen molar-refractivity contribution >= 4 is 11.8 Å². The molecular formula is C18H28N2O3. The maximum atomic E-state index is 12.3. The maximum Gasteiger partial charge on any atom is 0.239 e. The van der Waals surface area contributed by atoms with Crippen LogP contribution in [-0.2, 0) is 16.0 Å². The molecule has 0 saturated carbocycles. The van der Waals surface area contributed by atoms with Crippen LogP contribution >= 0.6 is 0 Å². The van der Waals surface area contributed by atoms with Crippen molar-refractivity contribution in [1.29, 1.82) is 0 Å². The van der Waals surface area contributed by atoms with Crippen LogP contribution in [-0.4, -0.2) is 42.5 Å². The van der Waals surface area contributed by atoms with Crippen molar-refractivity contribution in [2.24, 2.45) is 0 Å². The molecule has 0 saturated heterocycles. The minimum Gasteiger partial charge on any atom is -0.494 e. The average Bonchev–Trinajstić information content (AvgIpc) is 2.51. The van der Waals surface area contributed by atoms with Crippen LogP contribution in [0.15, 0.2) is 24.3 Å². The van der Waals surface area contributed by atoms with Gasteiger partial charge >= 0.3 is 0 Å². The number of hydrogen-bond acceptors (Lipinski definition) is 3. The molecule has 0 radical (unpaired) electrons. The molecule has 1 aromatic carbocycles. The molecule has 0 atom stereocenters. The summed E-state index contributed by atoms with van der Waals surface area (Å²) in [6, 6.07) is 7.83. The normalized spacial score (nSPS) is 10.5. The van der Waals surface area contributed by atoms with Crippen LogP contribution in [0.25, 0.3) is 0 Å². The molecule has 0 aliphatic carbocycles. The lowest BCUT2D eigenvalue weighted by molar-refractivity contribution is -0.136. The molecule has 1 N–H and O–H groups in total. The quantitative estimate of drug-likeness (QED) is 0.760. The van der Waals surface area contributed by atoms with E-state index in [4.69, 9.17) is 4.74 Å².